The van der Waals surface area contributed by atoms with Crippen LogP contribution >= 0.6 is 15.9 Å². The Bertz CT molecular complexity index is 495. The molecule has 110 valence electrons. The van der Waals surface area contributed by atoms with Crippen LogP contribution in [0.15, 0.2) is 16.6 Å². The molecule has 20 heavy (non-hydrogen) atoms. The third-order valence-electron chi connectivity index (χ3n) is 3.72. The van der Waals surface area contributed by atoms with Gasteiger partial charge in [-0.3, -0.25) is 4.79 Å². The van der Waals surface area contributed by atoms with E-state index in [4.69, 9.17) is 9.47 Å². The van der Waals surface area contributed by atoms with Gasteiger partial charge in [0.05, 0.1) is 19.1 Å². The first-order valence-electron chi connectivity index (χ1n) is 6.80. The summed E-state index contributed by atoms with van der Waals surface area (Å²) in [5, 5.41) is 9.29. The van der Waals surface area contributed by atoms with E-state index in [9.17, 15) is 9.90 Å². The maximum Gasteiger partial charge on any atom is 0.310 e. The molecule has 0 radical (unpaired) electrons. The van der Waals surface area contributed by atoms with Crippen molar-refractivity contribution in [2.24, 2.45) is 0 Å². The van der Waals surface area contributed by atoms with Crippen LogP contribution < -0.4 is 9.47 Å². The second-order valence-corrected chi connectivity index (χ2v) is 5.93. The van der Waals surface area contributed by atoms with Crippen molar-refractivity contribution < 1.29 is 19.4 Å². The number of aliphatic carboxylic acids is 1. The molecule has 0 spiro atoms. The third-order valence-corrected chi connectivity index (χ3v) is 4.41. The quantitative estimate of drug-likeness (QED) is 0.879. The van der Waals surface area contributed by atoms with Gasteiger partial charge in [0.2, 0.25) is 0 Å². The molecule has 2 rings (SSSR count). The number of hydrogen-bond acceptors (Lipinski definition) is 3. The van der Waals surface area contributed by atoms with Crippen molar-refractivity contribution in [1.29, 1.82) is 0 Å². The van der Waals surface area contributed by atoms with Crippen LogP contribution in [0.4, 0.5) is 0 Å². The van der Waals surface area contributed by atoms with Crippen molar-refractivity contribution in [2.75, 3.05) is 7.11 Å². The van der Waals surface area contributed by atoms with Crippen LogP contribution in [0.5, 0.6) is 11.5 Å². The monoisotopic (exact) mass is 342 g/mol. The van der Waals surface area contributed by atoms with E-state index in [1.807, 2.05) is 0 Å². The first-order valence-corrected chi connectivity index (χ1v) is 7.59. The van der Waals surface area contributed by atoms with Gasteiger partial charge in [-0.2, -0.15) is 0 Å². The van der Waals surface area contributed by atoms with Gasteiger partial charge in [-0.15, -0.1) is 0 Å². The average molecular weight is 343 g/mol. The van der Waals surface area contributed by atoms with Crippen LogP contribution in [-0.2, 0) is 4.79 Å². The average Bonchev–Trinajstić information content (AvgIpc) is 2.91. The first-order chi connectivity index (χ1) is 9.54. The van der Waals surface area contributed by atoms with Crippen LogP contribution in [0, 0.1) is 0 Å². The Labute approximate surface area is 127 Å². The van der Waals surface area contributed by atoms with E-state index in [2.05, 4.69) is 15.9 Å². The summed E-state index contributed by atoms with van der Waals surface area (Å²) >= 11 is 3.43. The summed E-state index contributed by atoms with van der Waals surface area (Å²) in [6.07, 6.45) is 4.49. The summed E-state index contributed by atoms with van der Waals surface area (Å²) in [4.78, 5) is 11.3. The number of halogens is 1. The molecule has 1 atom stereocenters. The highest BCUT2D eigenvalue weighted by atomic mass is 79.9. The van der Waals surface area contributed by atoms with Crippen molar-refractivity contribution in [3.63, 3.8) is 0 Å². The van der Waals surface area contributed by atoms with Crippen LogP contribution in [-0.4, -0.2) is 24.3 Å². The molecule has 1 aromatic rings. The SMILES string of the molecule is COc1ccc(Br)c(C(C)C(=O)O)c1OC1CCCC1. The number of hydrogen-bond donors (Lipinski definition) is 1. The molecule has 5 heteroatoms. The molecular formula is C15H19BrO4. The highest BCUT2D eigenvalue weighted by Gasteiger charge is 2.27. The molecule has 0 bridgehead atoms. The predicted molar refractivity (Wildman–Crippen MR) is 79.6 cm³/mol. The van der Waals surface area contributed by atoms with E-state index < -0.39 is 11.9 Å². The smallest absolute Gasteiger partial charge is 0.310 e. The summed E-state index contributed by atoms with van der Waals surface area (Å²) in [5.41, 5.74) is 0.642. The largest absolute Gasteiger partial charge is 0.493 e. The third kappa shape index (κ3) is 3.08. The molecule has 1 aromatic carbocycles. The molecule has 0 saturated heterocycles. The van der Waals surface area contributed by atoms with Crippen molar-refractivity contribution >= 4 is 21.9 Å². The number of carbonyl (C=O) groups is 1. The number of benzene rings is 1. The van der Waals surface area contributed by atoms with Crippen molar-refractivity contribution in [3.05, 3.63) is 22.2 Å². The zero-order chi connectivity index (χ0) is 14.7. The van der Waals surface area contributed by atoms with Gasteiger partial charge in [-0.1, -0.05) is 15.9 Å². The topological polar surface area (TPSA) is 55.8 Å². The van der Waals surface area contributed by atoms with Crippen molar-refractivity contribution in [1.82, 2.24) is 0 Å². The van der Waals surface area contributed by atoms with E-state index in [0.29, 0.717) is 17.1 Å². The van der Waals surface area contributed by atoms with E-state index in [0.717, 1.165) is 30.2 Å². The molecule has 0 amide bonds. The molecule has 0 aromatic heterocycles. The zero-order valence-electron chi connectivity index (χ0n) is 11.7. The lowest BCUT2D eigenvalue weighted by molar-refractivity contribution is -0.138. The summed E-state index contributed by atoms with van der Waals surface area (Å²) in [6, 6.07) is 3.60. The zero-order valence-corrected chi connectivity index (χ0v) is 13.3. The van der Waals surface area contributed by atoms with Crippen LogP contribution in [0.2, 0.25) is 0 Å². The van der Waals surface area contributed by atoms with E-state index in [1.54, 1.807) is 26.2 Å². The number of methoxy groups -OCH3 is 1. The fourth-order valence-electron chi connectivity index (χ4n) is 2.54. The lowest BCUT2D eigenvalue weighted by Gasteiger charge is -2.22. The van der Waals surface area contributed by atoms with E-state index in [1.165, 1.54) is 0 Å². The minimum absolute atomic E-state index is 0.151. The van der Waals surface area contributed by atoms with Gasteiger partial charge in [0, 0.05) is 10.0 Å². The minimum Gasteiger partial charge on any atom is -0.493 e. The molecule has 1 saturated carbocycles. The molecule has 1 N–H and O–H groups in total. The van der Waals surface area contributed by atoms with Gasteiger partial charge in [0.1, 0.15) is 0 Å². The Hall–Kier alpha value is -1.23. The molecule has 0 aliphatic heterocycles. The number of carboxylic acid groups (broad SMARTS) is 1. The highest BCUT2D eigenvalue weighted by Crippen LogP contribution is 2.42. The standard InChI is InChI=1S/C15H19BrO4/c1-9(15(17)18)13-11(16)7-8-12(19-2)14(13)20-10-5-3-4-6-10/h7-10H,3-6H2,1-2H3,(H,17,18). The maximum atomic E-state index is 11.3. The number of rotatable bonds is 5. The number of carboxylic acids is 1. The summed E-state index contributed by atoms with van der Waals surface area (Å²) in [5.74, 6) is -0.391. The molecule has 1 aliphatic rings. The Morgan fingerprint density at radius 3 is 2.60 bits per heavy atom. The van der Waals surface area contributed by atoms with Gasteiger partial charge in [0.25, 0.3) is 0 Å². The van der Waals surface area contributed by atoms with Crippen molar-refractivity contribution in [2.45, 2.75) is 44.6 Å². The van der Waals surface area contributed by atoms with Gasteiger partial charge >= 0.3 is 5.97 Å². The van der Waals surface area contributed by atoms with Gasteiger partial charge in [-0.25, -0.2) is 0 Å². The Balaban J connectivity index is 2.43. The van der Waals surface area contributed by atoms with E-state index in [-0.39, 0.29) is 6.10 Å². The van der Waals surface area contributed by atoms with Crippen LogP contribution in [0.3, 0.4) is 0 Å². The van der Waals surface area contributed by atoms with Crippen molar-refractivity contribution in [3.8, 4) is 11.5 Å². The van der Waals surface area contributed by atoms with Gasteiger partial charge in [0.15, 0.2) is 11.5 Å². The second kappa shape index (κ2) is 6.48. The summed E-state index contributed by atoms with van der Waals surface area (Å²) in [7, 11) is 1.57. The Kier molecular flexibility index (Phi) is 4.91. The number of ether oxygens (including phenoxy) is 2. The first kappa shape index (κ1) is 15.2. The Morgan fingerprint density at radius 2 is 2.05 bits per heavy atom. The molecule has 4 nitrogen and oxygen atoms in total. The minimum atomic E-state index is -0.879. The highest BCUT2D eigenvalue weighted by molar-refractivity contribution is 9.10. The summed E-state index contributed by atoms with van der Waals surface area (Å²) in [6.45, 7) is 1.66. The predicted octanol–water partition coefficient (Wildman–Crippen LogP) is 3.97. The fourth-order valence-corrected chi connectivity index (χ4v) is 3.19. The Morgan fingerprint density at radius 1 is 1.40 bits per heavy atom. The molecule has 0 heterocycles. The molecule has 1 aliphatic carbocycles. The lowest BCUT2D eigenvalue weighted by atomic mass is 9.99. The normalized spacial score (nSPS) is 16.9. The molecular weight excluding hydrogens is 324 g/mol. The van der Waals surface area contributed by atoms with Crippen LogP contribution in [0.25, 0.3) is 0 Å². The van der Waals surface area contributed by atoms with Crippen LogP contribution in [0.1, 0.15) is 44.1 Å². The summed E-state index contributed by atoms with van der Waals surface area (Å²) < 4.78 is 12.1. The second-order valence-electron chi connectivity index (χ2n) is 5.08. The molecule has 1 fully saturated rings. The lowest BCUT2D eigenvalue weighted by Crippen LogP contribution is -2.16. The molecule has 1 unspecified atom stereocenters. The fraction of sp³-hybridized carbons (Fsp3) is 0.533. The van der Waals surface area contributed by atoms with Gasteiger partial charge in [-0.05, 0) is 44.7 Å². The maximum absolute atomic E-state index is 11.3. The van der Waals surface area contributed by atoms with E-state index >= 15 is 0 Å². The van der Waals surface area contributed by atoms with Gasteiger partial charge < -0.3 is 14.6 Å².